The third kappa shape index (κ3) is 3.84. The van der Waals surface area contributed by atoms with E-state index in [1.54, 1.807) is 12.1 Å². The van der Waals surface area contributed by atoms with Crippen LogP contribution in [0.4, 0.5) is 4.39 Å². The number of hydrogen-bond acceptors (Lipinski definition) is 1. The van der Waals surface area contributed by atoms with Gasteiger partial charge in [0.25, 0.3) is 0 Å². The molecule has 2 N–H and O–H groups in total. The molecule has 1 nitrogen and oxygen atoms in total. The zero-order chi connectivity index (χ0) is 11.4. The van der Waals surface area contributed by atoms with Crippen LogP contribution < -0.4 is 5.73 Å². The molecule has 0 aliphatic carbocycles. The molecule has 0 saturated heterocycles. The second-order valence-corrected chi connectivity index (χ2v) is 3.85. The van der Waals surface area contributed by atoms with Crippen molar-refractivity contribution in [3.63, 3.8) is 0 Å². The van der Waals surface area contributed by atoms with Crippen LogP contribution in [-0.4, -0.2) is 0 Å². The van der Waals surface area contributed by atoms with E-state index < -0.39 is 0 Å². The van der Waals surface area contributed by atoms with Crippen LogP contribution in [0.5, 0.6) is 0 Å². The van der Waals surface area contributed by atoms with Crippen molar-refractivity contribution < 1.29 is 4.39 Å². The van der Waals surface area contributed by atoms with Crippen LogP contribution in [-0.2, 0) is 6.42 Å². The molecule has 0 fully saturated rings. The van der Waals surface area contributed by atoms with Gasteiger partial charge in [-0.15, -0.1) is 12.4 Å². The molecule has 0 radical (unpaired) electrons. The van der Waals surface area contributed by atoms with E-state index in [0.717, 1.165) is 12.0 Å². The van der Waals surface area contributed by atoms with Gasteiger partial charge in [0, 0.05) is 6.04 Å². The van der Waals surface area contributed by atoms with Crippen molar-refractivity contribution in [2.75, 3.05) is 0 Å². The highest BCUT2D eigenvalue weighted by atomic mass is 35.5. The third-order valence-electron chi connectivity index (χ3n) is 2.60. The quantitative estimate of drug-likeness (QED) is 0.888. The second kappa shape index (κ2) is 6.38. The Labute approximate surface area is 107 Å². The van der Waals surface area contributed by atoms with Crippen molar-refractivity contribution in [2.24, 2.45) is 5.73 Å². The zero-order valence-electron chi connectivity index (χ0n) is 9.34. The first-order chi connectivity index (χ1) is 7.75. The van der Waals surface area contributed by atoms with Crippen molar-refractivity contribution in [2.45, 2.75) is 12.5 Å². The Morgan fingerprint density at radius 3 is 2.12 bits per heavy atom. The smallest absolute Gasteiger partial charge is 0.123 e. The van der Waals surface area contributed by atoms with E-state index in [1.165, 1.54) is 17.7 Å². The first kappa shape index (κ1) is 13.7. The van der Waals surface area contributed by atoms with Gasteiger partial charge < -0.3 is 5.73 Å². The molecule has 0 amide bonds. The standard InChI is InChI=1S/C14H14FN.ClH/c15-13-8-6-12(7-9-13)14(16)10-11-4-2-1-3-5-11;/h1-9,14H,10,16H2;1H. The fraction of sp³-hybridized carbons (Fsp3) is 0.143. The summed E-state index contributed by atoms with van der Waals surface area (Å²) in [6.07, 6.45) is 0.770. The summed E-state index contributed by atoms with van der Waals surface area (Å²) in [6, 6.07) is 16.3. The Morgan fingerprint density at radius 2 is 1.53 bits per heavy atom. The lowest BCUT2D eigenvalue weighted by molar-refractivity contribution is 0.624. The molecule has 0 saturated carbocycles. The van der Waals surface area contributed by atoms with Crippen molar-refractivity contribution in [3.05, 3.63) is 71.5 Å². The molecular weight excluding hydrogens is 237 g/mol. The van der Waals surface area contributed by atoms with E-state index in [2.05, 4.69) is 0 Å². The van der Waals surface area contributed by atoms with Gasteiger partial charge >= 0.3 is 0 Å². The van der Waals surface area contributed by atoms with E-state index >= 15 is 0 Å². The maximum atomic E-state index is 12.7. The highest BCUT2D eigenvalue weighted by molar-refractivity contribution is 5.85. The van der Waals surface area contributed by atoms with Gasteiger partial charge in [-0.3, -0.25) is 0 Å². The highest BCUT2D eigenvalue weighted by Crippen LogP contribution is 2.16. The maximum absolute atomic E-state index is 12.7. The Bertz CT molecular complexity index is 442. The number of rotatable bonds is 3. The fourth-order valence-corrected chi connectivity index (χ4v) is 1.70. The lowest BCUT2D eigenvalue weighted by Crippen LogP contribution is -2.13. The van der Waals surface area contributed by atoms with Crippen LogP contribution in [0.1, 0.15) is 17.2 Å². The monoisotopic (exact) mass is 251 g/mol. The Balaban J connectivity index is 0.00000144. The van der Waals surface area contributed by atoms with Crippen molar-refractivity contribution >= 4 is 12.4 Å². The molecule has 0 heterocycles. The summed E-state index contributed by atoms with van der Waals surface area (Å²) in [6.45, 7) is 0. The predicted molar refractivity (Wildman–Crippen MR) is 70.7 cm³/mol. The Hall–Kier alpha value is -1.38. The molecular formula is C14H15ClFN. The van der Waals surface area contributed by atoms with Gasteiger partial charge in [-0.25, -0.2) is 4.39 Å². The number of hydrogen-bond donors (Lipinski definition) is 1. The van der Waals surface area contributed by atoms with Gasteiger partial charge in [-0.2, -0.15) is 0 Å². The molecule has 2 aromatic rings. The van der Waals surface area contributed by atoms with Gasteiger partial charge in [0.1, 0.15) is 5.82 Å². The average molecular weight is 252 g/mol. The maximum Gasteiger partial charge on any atom is 0.123 e. The van der Waals surface area contributed by atoms with Crippen LogP contribution in [0.2, 0.25) is 0 Å². The summed E-state index contributed by atoms with van der Waals surface area (Å²) >= 11 is 0. The van der Waals surface area contributed by atoms with Crippen LogP contribution in [0.3, 0.4) is 0 Å². The van der Waals surface area contributed by atoms with Gasteiger partial charge in [-0.1, -0.05) is 42.5 Å². The number of benzene rings is 2. The first-order valence-electron chi connectivity index (χ1n) is 5.30. The molecule has 0 aromatic heterocycles. The van der Waals surface area contributed by atoms with Gasteiger partial charge in [0.05, 0.1) is 0 Å². The Kier molecular flexibility index (Phi) is 5.13. The minimum Gasteiger partial charge on any atom is -0.324 e. The number of halogens is 2. The van der Waals surface area contributed by atoms with Crippen molar-refractivity contribution in [1.82, 2.24) is 0 Å². The van der Waals surface area contributed by atoms with E-state index in [0.29, 0.717) is 0 Å². The largest absolute Gasteiger partial charge is 0.324 e. The predicted octanol–water partition coefficient (Wildman–Crippen LogP) is 3.49. The van der Waals surface area contributed by atoms with Gasteiger partial charge in [0.15, 0.2) is 0 Å². The molecule has 17 heavy (non-hydrogen) atoms. The first-order valence-corrected chi connectivity index (χ1v) is 5.30. The minimum atomic E-state index is -0.226. The summed E-state index contributed by atoms with van der Waals surface area (Å²) in [5.41, 5.74) is 8.21. The van der Waals surface area contributed by atoms with Crippen molar-refractivity contribution in [3.8, 4) is 0 Å². The zero-order valence-corrected chi connectivity index (χ0v) is 10.2. The normalized spacial score (nSPS) is 11.6. The van der Waals surface area contributed by atoms with Crippen LogP contribution in [0.15, 0.2) is 54.6 Å². The third-order valence-corrected chi connectivity index (χ3v) is 2.60. The number of nitrogens with two attached hydrogens (primary N) is 1. The topological polar surface area (TPSA) is 26.0 Å². The van der Waals surface area contributed by atoms with E-state index in [-0.39, 0.29) is 24.3 Å². The molecule has 1 unspecified atom stereocenters. The second-order valence-electron chi connectivity index (χ2n) is 3.85. The van der Waals surface area contributed by atoms with E-state index in [4.69, 9.17) is 5.73 Å². The summed E-state index contributed by atoms with van der Waals surface area (Å²) in [5, 5.41) is 0. The van der Waals surface area contributed by atoms with E-state index in [1.807, 2.05) is 30.3 Å². The molecule has 90 valence electrons. The molecule has 0 spiro atoms. The van der Waals surface area contributed by atoms with Crippen LogP contribution in [0, 0.1) is 5.82 Å². The molecule has 0 aliphatic rings. The summed E-state index contributed by atoms with van der Waals surface area (Å²) < 4.78 is 12.7. The SMILES string of the molecule is Cl.NC(Cc1ccccc1)c1ccc(F)cc1. The lowest BCUT2D eigenvalue weighted by Gasteiger charge is -2.11. The van der Waals surface area contributed by atoms with Crippen LogP contribution >= 0.6 is 12.4 Å². The highest BCUT2D eigenvalue weighted by Gasteiger charge is 2.06. The molecule has 0 aliphatic heterocycles. The minimum absolute atomic E-state index is 0. The molecule has 1 atom stereocenters. The lowest BCUT2D eigenvalue weighted by atomic mass is 10.00. The molecule has 0 bridgehead atoms. The van der Waals surface area contributed by atoms with E-state index in [9.17, 15) is 4.39 Å². The molecule has 2 aromatic carbocycles. The van der Waals surface area contributed by atoms with Crippen LogP contribution in [0.25, 0.3) is 0 Å². The van der Waals surface area contributed by atoms with Crippen molar-refractivity contribution in [1.29, 1.82) is 0 Å². The summed E-state index contributed by atoms with van der Waals surface area (Å²) in [7, 11) is 0. The Morgan fingerprint density at radius 1 is 0.941 bits per heavy atom. The fourth-order valence-electron chi connectivity index (χ4n) is 1.70. The average Bonchev–Trinajstić information content (AvgIpc) is 2.31. The summed E-state index contributed by atoms with van der Waals surface area (Å²) in [4.78, 5) is 0. The molecule has 2 rings (SSSR count). The van der Waals surface area contributed by atoms with Gasteiger partial charge in [-0.05, 0) is 29.7 Å². The summed E-state index contributed by atoms with van der Waals surface area (Å²) in [5.74, 6) is -0.226. The van der Waals surface area contributed by atoms with Gasteiger partial charge in [0.2, 0.25) is 0 Å². The molecule has 3 heteroatoms.